The average molecular weight is 310 g/mol. The van der Waals surface area contributed by atoms with Crippen LogP contribution in [0.3, 0.4) is 0 Å². The third kappa shape index (κ3) is 4.76. The molecule has 0 saturated heterocycles. The number of thiazole rings is 1. The summed E-state index contributed by atoms with van der Waals surface area (Å²) in [5.41, 5.74) is 3.65. The Morgan fingerprint density at radius 1 is 1.48 bits per heavy atom. The van der Waals surface area contributed by atoms with Crippen molar-refractivity contribution < 1.29 is 0 Å². The smallest absolute Gasteiger partial charge is 0.0798 e. The topological polar surface area (TPSA) is 28.2 Å². The fourth-order valence-corrected chi connectivity index (χ4v) is 4.50. The quantitative estimate of drug-likeness (QED) is 0.868. The molecular weight excluding hydrogens is 278 g/mol. The van der Waals surface area contributed by atoms with Gasteiger partial charge in [0.25, 0.3) is 0 Å². The molecule has 0 radical (unpaired) electrons. The Labute approximate surface area is 134 Å². The summed E-state index contributed by atoms with van der Waals surface area (Å²) in [6, 6.07) is 0.688. The molecule has 1 aliphatic carbocycles. The molecule has 0 spiro atoms. The van der Waals surface area contributed by atoms with E-state index in [4.69, 9.17) is 0 Å². The first kappa shape index (κ1) is 16.9. The highest BCUT2D eigenvalue weighted by atomic mass is 32.1. The number of hydrogen-bond donors (Lipinski definition) is 1. The minimum atomic E-state index is 0.498. The van der Waals surface area contributed by atoms with E-state index in [2.05, 4.69) is 49.9 Å². The van der Waals surface area contributed by atoms with Gasteiger partial charge in [-0.05, 0) is 51.1 Å². The maximum Gasteiger partial charge on any atom is 0.0798 e. The van der Waals surface area contributed by atoms with Crippen LogP contribution in [0.1, 0.15) is 50.6 Å². The minimum Gasteiger partial charge on any atom is -0.314 e. The van der Waals surface area contributed by atoms with Gasteiger partial charge in [0.1, 0.15) is 0 Å². The fraction of sp³-hybridized carbons (Fsp3) is 0.824. The van der Waals surface area contributed by atoms with E-state index in [1.54, 1.807) is 11.3 Å². The zero-order valence-electron chi connectivity index (χ0n) is 14.3. The SMILES string of the molecule is CCNC1CCC(C)(C)CC1CN(C)Cc1scnc1C. The molecule has 1 aliphatic rings. The molecule has 4 heteroatoms. The first-order valence-corrected chi connectivity index (χ1v) is 9.10. The zero-order valence-corrected chi connectivity index (χ0v) is 15.1. The normalized spacial score (nSPS) is 25.4. The average Bonchev–Trinajstić information content (AvgIpc) is 2.78. The zero-order chi connectivity index (χ0) is 15.5. The summed E-state index contributed by atoms with van der Waals surface area (Å²) in [4.78, 5) is 8.26. The van der Waals surface area contributed by atoms with Crippen LogP contribution >= 0.6 is 11.3 Å². The summed E-state index contributed by atoms with van der Waals surface area (Å²) < 4.78 is 0. The first-order chi connectivity index (χ1) is 9.91. The van der Waals surface area contributed by atoms with Crippen LogP contribution in [0.25, 0.3) is 0 Å². The monoisotopic (exact) mass is 309 g/mol. The third-order valence-electron chi connectivity index (χ3n) is 4.79. The molecule has 0 amide bonds. The summed E-state index contributed by atoms with van der Waals surface area (Å²) in [6.07, 6.45) is 3.99. The second-order valence-electron chi connectivity index (χ2n) is 7.39. The molecule has 1 aromatic rings. The number of aromatic nitrogens is 1. The molecule has 1 aromatic heterocycles. The number of nitrogens with one attached hydrogen (secondary N) is 1. The van der Waals surface area contributed by atoms with E-state index in [1.807, 2.05) is 5.51 Å². The molecule has 1 saturated carbocycles. The predicted octanol–water partition coefficient (Wildman–Crippen LogP) is 3.69. The van der Waals surface area contributed by atoms with Gasteiger partial charge in [-0.3, -0.25) is 0 Å². The lowest BCUT2D eigenvalue weighted by molar-refractivity contribution is 0.108. The van der Waals surface area contributed by atoms with Crippen LogP contribution in [0.2, 0.25) is 0 Å². The third-order valence-corrected chi connectivity index (χ3v) is 5.71. The highest BCUT2D eigenvalue weighted by Crippen LogP contribution is 2.39. The molecule has 0 aliphatic heterocycles. The molecule has 2 unspecified atom stereocenters. The number of rotatable bonds is 6. The standard InChI is InChI=1S/C17H31N3S/c1-6-18-15-7-8-17(3,4)9-14(15)10-20(5)11-16-13(2)19-12-21-16/h12,14-15,18H,6-11H2,1-5H3. The van der Waals surface area contributed by atoms with Crippen molar-refractivity contribution in [1.82, 2.24) is 15.2 Å². The van der Waals surface area contributed by atoms with Gasteiger partial charge < -0.3 is 10.2 Å². The largest absolute Gasteiger partial charge is 0.314 e. The maximum absolute atomic E-state index is 4.36. The van der Waals surface area contributed by atoms with Crippen LogP contribution in [0.15, 0.2) is 5.51 Å². The van der Waals surface area contributed by atoms with Crippen molar-refractivity contribution >= 4 is 11.3 Å². The van der Waals surface area contributed by atoms with E-state index in [-0.39, 0.29) is 0 Å². The van der Waals surface area contributed by atoms with Gasteiger partial charge in [-0.15, -0.1) is 11.3 Å². The number of nitrogens with zero attached hydrogens (tertiary/aromatic N) is 2. The number of hydrogen-bond acceptors (Lipinski definition) is 4. The summed E-state index contributed by atoms with van der Waals surface area (Å²) in [5, 5.41) is 3.71. The van der Waals surface area contributed by atoms with Crippen LogP contribution in [0.5, 0.6) is 0 Å². The van der Waals surface area contributed by atoms with Gasteiger partial charge in [-0.25, -0.2) is 4.98 Å². The highest BCUT2D eigenvalue weighted by Gasteiger charge is 2.34. The van der Waals surface area contributed by atoms with Crippen LogP contribution in [0, 0.1) is 18.3 Å². The Morgan fingerprint density at radius 3 is 2.86 bits per heavy atom. The molecule has 21 heavy (non-hydrogen) atoms. The molecule has 120 valence electrons. The summed E-state index contributed by atoms with van der Waals surface area (Å²) >= 11 is 1.78. The van der Waals surface area contributed by atoms with E-state index in [0.717, 1.165) is 19.0 Å². The van der Waals surface area contributed by atoms with Crippen LogP contribution in [-0.2, 0) is 6.54 Å². The second kappa shape index (κ2) is 7.21. The highest BCUT2D eigenvalue weighted by molar-refractivity contribution is 7.09. The molecule has 2 atom stereocenters. The Balaban J connectivity index is 1.95. The molecule has 1 N–H and O–H groups in total. The summed E-state index contributed by atoms with van der Waals surface area (Å²) in [5.74, 6) is 0.756. The predicted molar refractivity (Wildman–Crippen MR) is 91.8 cm³/mol. The van der Waals surface area contributed by atoms with Crippen molar-refractivity contribution in [3.05, 3.63) is 16.1 Å². The van der Waals surface area contributed by atoms with E-state index in [0.29, 0.717) is 11.5 Å². The van der Waals surface area contributed by atoms with Gasteiger partial charge in [0.05, 0.1) is 11.2 Å². The Morgan fingerprint density at radius 2 is 2.24 bits per heavy atom. The molecule has 2 rings (SSSR count). The van der Waals surface area contributed by atoms with Crippen LogP contribution in [0.4, 0.5) is 0 Å². The second-order valence-corrected chi connectivity index (χ2v) is 8.33. The number of aryl methyl sites for hydroxylation is 1. The lowest BCUT2D eigenvalue weighted by atomic mass is 9.69. The summed E-state index contributed by atoms with van der Waals surface area (Å²) in [6.45, 7) is 12.5. The van der Waals surface area contributed by atoms with Crippen molar-refractivity contribution in [2.24, 2.45) is 11.3 Å². The lowest BCUT2D eigenvalue weighted by Gasteiger charge is -2.42. The van der Waals surface area contributed by atoms with Gasteiger partial charge in [-0.2, -0.15) is 0 Å². The fourth-order valence-electron chi connectivity index (χ4n) is 3.65. The van der Waals surface area contributed by atoms with Crippen molar-refractivity contribution in [2.45, 2.75) is 59.5 Å². The van der Waals surface area contributed by atoms with E-state index in [1.165, 1.54) is 36.4 Å². The van der Waals surface area contributed by atoms with Crippen molar-refractivity contribution in [3.8, 4) is 0 Å². The molecule has 0 bridgehead atoms. The van der Waals surface area contributed by atoms with E-state index < -0.39 is 0 Å². The van der Waals surface area contributed by atoms with Gasteiger partial charge in [-0.1, -0.05) is 20.8 Å². The van der Waals surface area contributed by atoms with Crippen molar-refractivity contribution in [2.75, 3.05) is 20.1 Å². The lowest BCUT2D eigenvalue weighted by Crippen LogP contribution is -2.46. The molecule has 3 nitrogen and oxygen atoms in total. The minimum absolute atomic E-state index is 0.498. The Kier molecular flexibility index (Phi) is 5.81. The van der Waals surface area contributed by atoms with Crippen molar-refractivity contribution in [1.29, 1.82) is 0 Å². The van der Waals surface area contributed by atoms with E-state index >= 15 is 0 Å². The molecular formula is C17H31N3S. The van der Waals surface area contributed by atoms with Gasteiger partial charge in [0.2, 0.25) is 0 Å². The Hall–Kier alpha value is -0.450. The van der Waals surface area contributed by atoms with Gasteiger partial charge >= 0.3 is 0 Å². The van der Waals surface area contributed by atoms with E-state index in [9.17, 15) is 0 Å². The van der Waals surface area contributed by atoms with Crippen LogP contribution in [-0.4, -0.2) is 36.1 Å². The molecule has 0 aromatic carbocycles. The molecule has 1 heterocycles. The summed E-state index contributed by atoms with van der Waals surface area (Å²) in [7, 11) is 2.25. The first-order valence-electron chi connectivity index (χ1n) is 8.22. The van der Waals surface area contributed by atoms with Crippen molar-refractivity contribution in [3.63, 3.8) is 0 Å². The molecule has 1 fully saturated rings. The Bertz CT molecular complexity index is 441. The maximum atomic E-state index is 4.36. The van der Waals surface area contributed by atoms with Gasteiger partial charge in [0.15, 0.2) is 0 Å². The van der Waals surface area contributed by atoms with Gasteiger partial charge in [0, 0.05) is 24.0 Å². The van der Waals surface area contributed by atoms with Crippen LogP contribution < -0.4 is 5.32 Å².